The fourth-order valence-corrected chi connectivity index (χ4v) is 3.17. The van der Waals surface area contributed by atoms with E-state index < -0.39 is 5.97 Å². The van der Waals surface area contributed by atoms with Gasteiger partial charge in [-0.25, -0.2) is 0 Å². The van der Waals surface area contributed by atoms with Crippen LogP contribution in [0.25, 0.3) is 0 Å². The van der Waals surface area contributed by atoms with Gasteiger partial charge in [0.25, 0.3) is 0 Å². The molecule has 1 saturated heterocycles. The molecule has 1 N–H and O–H groups in total. The number of carboxylic acid groups (broad SMARTS) is 1. The SMILES string of the molecule is CC(C)C1CCCN1c1nnc(SCC(=O)O)n1C. The van der Waals surface area contributed by atoms with Crippen molar-refractivity contribution in [1.82, 2.24) is 14.8 Å². The van der Waals surface area contributed by atoms with Crippen LogP contribution in [0.4, 0.5) is 5.95 Å². The molecular formula is C12H20N4O2S. The average Bonchev–Trinajstić information content (AvgIpc) is 2.92. The number of hydrogen-bond acceptors (Lipinski definition) is 5. The van der Waals surface area contributed by atoms with E-state index in [1.807, 2.05) is 11.6 Å². The first-order valence-corrected chi connectivity index (χ1v) is 7.50. The molecule has 0 saturated carbocycles. The van der Waals surface area contributed by atoms with Crippen molar-refractivity contribution in [1.29, 1.82) is 0 Å². The second kappa shape index (κ2) is 5.81. The average molecular weight is 284 g/mol. The van der Waals surface area contributed by atoms with Crippen LogP contribution in [0.3, 0.4) is 0 Å². The molecule has 106 valence electrons. The van der Waals surface area contributed by atoms with Gasteiger partial charge in [-0.3, -0.25) is 9.36 Å². The largest absolute Gasteiger partial charge is 0.481 e. The van der Waals surface area contributed by atoms with Gasteiger partial charge in [-0.15, -0.1) is 10.2 Å². The van der Waals surface area contributed by atoms with E-state index in [2.05, 4.69) is 28.9 Å². The van der Waals surface area contributed by atoms with Gasteiger partial charge in [0, 0.05) is 19.6 Å². The molecule has 19 heavy (non-hydrogen) atoms. The predicted molar refractivity (Wildman–Crippen MR) is 74.6 cm³/mol. The Morgan fingerprint density at radius 3 is 2.89 bits per heavy atom. The lowest BCUT2D eigenvalue weighted by atomic mass is 10.0. The van der Waals surface area contributed by atoms with Crippen molar-refractivity contribution in [2.45, 2.75) is 37.9 Å². The summed E-state index contributed by atoms with van der Waals surface area (Å²) in [5.41, 5.74) is 0. The molecule has 0 amide bonds. The molecule has 0 spiro atoms. The van der Waals surface area contributed by atoms with E-state index in [4.69, 9.17) is 5.11 Å². The minimum Gasteiger partial charge on any atom is -0.481 e. The summed E-state index contributed by atoms with van der Waals surface area (Å²) in [4.78, 5) is 12.9. The minimum absolute atomic E-state index is 0.0135. The molecule has 1 unspecified atom stereocenters. The van der Waals surface area contributed by atoms with Gasteiger partial charge < -0.3 is 10.0 Å². The number of aliphatic carboxylic acids is 1. The Morgan fingerprint density at radius 2 is 2.26 bits per heavy atom. The van der Waals surface area contributed by atoms with E-state index in [0.29, 0.717) is 17.1 Å². The van der Waals surface area contributed by atoms with Gasteiger partial charge in [-0.1, -0.05) is 25.6 Å². The zero-order chi connectivity index (χ0) is 14.0. The van der Waals surface area contributed by atoms with Crippen LogP contribution < -0.4 is 4.90 Å². The first-order valence-electron chi connectivity index (χ1n) is 6.51. The molecule has 2 rings (SSSR count). The summed E-state index contributed by atoms with van der Waals surface area (Å²) in [7, 11) is 1.90. The lowest BCUT2D eigenvalue weighted by Gasteiger charge is -2.28. The van der Waals surface area contributed by atoms with Crippen molar-refractivity contribution in [2.75, 3.05) is 17.2 Å². The van der Waals surface area contributed by atoms with Crippen LogP contribution in [0.5, 0.6) is 0 Å². The van der Waals surface area contributed by atoms with Gasteiger partial charge in [0.2, 0.25) is 5.95 Å². The van der Waals surface area contributed by atoms with Gasteiger partial charge >= 0.3 is 5.97 Å². The second-order valence-electron chi connectivity index (χ2n) is 5.17. The number of carbonyl (C=O) groups is 1. The monoisotopic (exact) mass is 284 g/mol. The van der Waals surface area contributed by atoms with Gasteiger partial charge in [-0.2, -0.15) is 0 Å². The number of rotatable bonds is 5. The zero-order valence-corrected chi connectivity index (χ0v) is 12.4. The summed E-state index contributed by atoms with van der Waals surface area (Å²) in [5.74, 6) is 0.605. The third kappa shape index (κ3) is 3.02. The van der Waals surface area contributed by atoms with E-state index in [1.54, 1.807) is 0 Å². The molecule has 1 aliphatic rings. The molecular weight excluding hydrogens is 264 g/mol. The first-order chi connectivity index (χ1) is 9.00. The minimum atomic E-state index is -0.837. The summed E-state index contributed by atoms with van der Waals surface area (Å²) < 4.78 is 1.90. The molecule has 1 aromatic heterocycles. The van der Waals surface area contributed by atoms with Gasteiger partial charge in [0.15, 0.2) is 5.16 Å². The van der Waals surface area contributed by atoms with Crippen LogP contribution in [0.15, 0.2) is 5.16 Å². The smallest absolute Gasteiger partial charge is 0.313 e. The Hall–Kier alpha value is -1.24. The summed E-state index contributed by atoms with van der Waals surface area (Å²) in [6.07, 6.45) is 2.36. The number of aromatic nitrogens is 3. The number of thioether (sulfide) groups is 1. The molecule has 0 radical (unpaired) electrons. The third-order valence-electron chi connectivity index (χ3n) is 3.46. The number of nitrogens with zero attached hydrogens (tertiary/aromatic N) is 4. The van der Waals surface area contributed by atoms with Crippen molar-refractivity contribution in [3.8, 4) is 0 Å². The van der Waals surface area contributed by atoms with Crippen LogP contribution in [0, 0.1) is 5.92 Å². The molecule has 1 fully saturated rings. The number of anilines is 1. The van der Waals surface area contributed by atoms with Gasteiger partial charge in [0.1, 0.15) is 0 Å². The summed E-state index contributed by atoms with van der Waals surface area (Å²) in [6, 6.07) is 0.500. The van der Waals surface area contributed by atoms with Crippen molar-refractivity contribution < 1.29 is 9.90 Å². The van der Waals surface area contributed by atoms with E-state index in [9.17, 15) is 4.79 Å². The Kier molecular flexibility index (Phi) is 4.34. The molecule has 0 aliphatic carbocycles. The highest BCUT2D eigenvalue weighted by Gasteiger charge is 2.30. The van der Waals surface area contributed by atoms with Crippen molar-refractivity contribution in [2.24, 2.45) is 13.0 Å². The van der Waals surface area contributed by atoms with Gasteiger partial charge in [0.05, 0.1) is 5.75 Å². The van der Waals surface area contributed by atoms with Gasteiger partial charge in [-0.05, 0) is 18.8 Å². The second-order valence-corrected chi connectivity index (χ2v) is 6.11. The van der Waals surface area contributed by atoms with Crippen LogP contribution >= 0.6 is 11.8 Å². The third-order valence-corrected chi connectivity index (χ3v) is 4.47. The van der Waals surface area contributed by atoms with Crippen LogP contribution in [0.1, 0.15) is 26.7 Å². The number of carboxylic acids is 1. The lowest BCUT2D eigenvalue weighted by Crippen LogP contribution is -2.35. The molecule has 6 nitrogen and oxygen atoms in total. The molecule has 2 heterocycles. The van der Waals surface area contributed by atoms with Crippen molar-refractivity contribution >= 4 is 23.7 Å². The quantitative estimate of drug-likeness (QED) is 0.828. The van der Waals surface area contributed by atoms with E-state index in [-0.39, 0.29) is 5.75 Å². The normalized spacial score (nSPS) is 19.4. The first kappa shape index (κ1) is 14.2. The van der Waals surface area contributed by atoms with E-state index in [0.717, 1.165) is 12.5 Å². The highest BCUT2D eigenvalue weighted by Crippen LogP contribution is 2.29. The topological polar surface area (TPSA) is 71.2 Å². The van der Waals surface area contributed by atoms with E-state index in [1.165, 1.54) is 24.6 Å². The molecule has 7 heteroatoms. The fraction of sp³-hybridized carbons (Fsp3) is 0.750. The Labute approximate surface area is 117 Å². The molecule has 0 aromatic carbocycles. The summed E-state index contributed by atoms with van der Waals surface area (Å²) >= 11 is 1.21. The molecule has 1 atom stereocenters. The van der Waals surface area contributed by atoms with E-state index >= 15 is 0 Å². The molecule has 0 bridgehead atoms. The summed E-state index contributed by atoms with van der Waals surface area (Å²) in [5, 5.41) is 17.7. The van der Waals surface area contributed by atoms with Crippen molar-refractivity contribution in [3.63, 3.8) is 0 Å². The Morgan fingerprint density at radius 1 is 1.53 bits per heavy atom. The van der Waals surface area contributed by atoms with Crippen LogP contribution in [-0.2, 0) is 11.8 Å². The highest BCUT2D eigenvalue weighted by molar-refractivity contribution is 7.99. The molecule has 1 aromatic rings. The maximum atomic E-state index is 10.6. The summed E-state index contributed by atoms with van der Waals surface area (Å²) in [6.45, 7) is 5.44. The van der Waals surface area contributed by atoms with Crippen molar-refractivity contribution in [3.05, 3.63) is 0 Å². The maximum Gasteiger partial charge on any atom is 0.313 e. The predicted octanol–water partition coefficient (Wildman–Crippen LogP) is 1.62. The fourth-order valence-electron chi connectivity index (χ4n) is 2.54. The number of hydrogen-bond donors (Lipinski definition) is 1. The maximum absolute atomic E-state index is 10.6. The highest BCUT2D eigenvalue weighted by atomic mass is 32.2. The zero-order valence-electron chi connectivity index (χ0n) is 11.5. The Balaban J connectivity index is 2.14. The lowest BCUT2D eigenvalue weighted by molar-refractivity contribution is -0.133. The molecule has 1 aliphatic heterocycles. The standard InChI is InChI=1S/C12H20N4O2S/c1-8(2)9-5-4-6-16(9)11-13-14-12(15(11)3)19-7-10(17)18/h8-9H,4-7H2,1-3H3,(H,17,18). The Bertz CT molecular complexity index is 461. The van der Waals surface area contributed by atoms with Crippen LogP contribution in [0.2, 0.25) is 0 Å². The van der Waals surface area contributed by atoms with Crippen LogP contribution in [-0.4, -0.2) is 44.2 Å².